The van der Waals surface area contributed by atoms with Crippen LogP contribution in [-0.2, 0) is 10.2 Å². The molecule has 22 heavy (non-hydrogen) atoms. The summed E-state index contributed by atoms with van der Waals surface area (Å²) in [4.78, 5) is 14.9. The molecule has 0 saturated carbocycles. The smallest absolute Gasteiger partial charge is 0.247 e. The van der Waals surface area contributed by atoms with E-state index >= 15 is 0 Å². The average molecular weight is 295 g/mol. The van der Waals surface area contributed by atoms with Gasteiger partial charge in [-0.05, 0) is 41.2 Å². The van der Waals surface area contributed by atoms with Crippen LogP contribution >= 0.6 is 0 Å². The van der Waals surface area contributed by atoms with Crippen LogP contribution in [0.5, 0.6) is 0 Å². The molecule has 114 valence electrons. The summed E-state index contributed by atoms with van der Waals surface area (Å²) in [5.74, 6) is 0.541. The van der Waals surface area contributed by atoms with Gasteiger partial charge in [0.15, 0.2) is 0 Å². The van der Waals surface area contributed by atoms with E-state index in [0.717, 1.165) is 11.1 Å². The zero-order valence-electron chi connectivity index (χ0n) is 13.6. The third-order valence-electron chi connectivity index (χ3n) is 3.42. The molecule has 1 aromatic heterocycles. The van der Waals surface area contributed by atoms with Crippen LogP contribution in [-0.4, -0.2) is 5.91 Å². The molecule has 2 rings (SSSR count). The van der Waals surface area contributed by atoms with E-state index in [1.54, 1.807) is 12.3 Å². The predicted molar refractivity (Wildman–Crippen MR) is 90.5 cm³/mol. The maximum atomic E-state index is 11.9. The molecule has 0 atom stereocenters. The fraction of sp³-hybridized carbons (Fsp3) is 0.263. The Morgan fingerprint density at radius 1 is 1.14 bits per heavy atom. The number of hydrogen-bond acceptors (Lipinski definition) is 1. The highest BCUT2D eigenvalue weighted by Crippen LogP contribution is 2.22. The summed E-state index contributed by atoms with van der Waals surface area (Å²) in [6.45, 7) is 8.53. The number of rotatable bonds is 3. The third kappa shape index (κ3) is 4.55. The lowest BCUT2D eigenvalue weighted by Crippen LogP contribution is -2.17. The number of amides is 1. The Hall–Kier alpha value is -2.42. The van der Waals surface area contributed by atoms with E-state index in [0.29, 0.717) is 5.82 Å². The van der Waals surface area contributed by atoms with Gasteiger partial charge >= 0.3 is 5.91 Å². The second-order valence-corrected chi connectivity index (χ2v) is 6.47. The van der Waals surface area contributed by atoms with Crippen LogP contribution in [0, 0.1) is 6.92 Å². The van der Waals surface area contributed by atoms with Crippen LogP contribution in [0.1, 0.15) is 37.5 Å². The summed E-state index contributed by atoms with van der Waals surface area (Å²) < 4.78 is 0. The summed E-state index contributed by atoms with van der Waals surface area (Å²) in [7, 11) is 0. The van der Waals surface area contributed by atoms with Crippen molar-refractivity contribution < 1.29 is 9.78 Å². The SMILES string of the molecule is Cc1cc[nH+]c(NC(=O)C=Cc2ccc(C(C)(C)C)cc2)c1. The van der Waals surface area contributed by atoms with Gasteiger partial charge in [0.2, 0.25) is 0 Å². The van der Waals surface area contributed by atoms with Gasteiger partial charge in [0.25, 0.3) is 5.82 Å². The van der Waals surface area contributed by atoms with Crippen molar-refractivity contribution in [3.05, 3.63) is 65.4 Å². The molecule has 0 aliphatic rings. The van der Waals surface area contributed by atoms with E-state index in [4.69, 9.17) is 0 Å². The van der Waals surface area contributed by atoms with Gasteiger partial charge in [-0.3, -0.25) is 0 Å². The fourth-order valence-corrected chi connectivity index (χ4v) is 2.09. The van der Waals surface area contributed by atoms with E-state index in [1.165, 1.54) is 5.56 Å². The van der Waals surface area contributed by atoms with Crippen molar-refractivity contribution in [2.75, 3.05) is 5.32 Å². The van der Waals surface area contributed by atoms with Crippen molar-refractivity contribution in [2.24, 2.45) is 0 Å². The molecule has 0 unspecified atom stereocenters. The number of H-pyrrole nitrogens is 1. The van der Waals surface area contributed by atoms with Crippen LogP contribution in [0.25, 0.3) is 6.08 Å². The first-order valence-electron chi connectivity index (χ1n) is 7.42. The van der Waals surface area contributed by atoms with Gasteiger partial charge in [-0.25, -0.2) is 15.1 Å². The lowest BCUT2D eigenvalue weighted by atomic mass is 9.87. The van der Waals surface area contributed by atoms with Crippen molar-refractivity contribution in [2.45, 2.75) is 33.1 Å². The number of carbonyl (C=O) groups is 1. The van der Waals surface area contributed by atoms with Crippen molar-refractivity contribution in [1.29, 1.82) is 0 Å². The summed E-state index contributed by atoms with van der Waals surface area (Å²) in [5.41, 5.74) is 3.52. The molecular formula is C19H23N2O+. The number of nitrogens with one attached hydrogen (secondary N) is 2. The predicted octanol–water partition coefficient (Wildman–Crippen LogP) is 3.76. The van der Waals surface area contributed by atoms with Crippen molar-refractivity contribution >= 4 is 17.8 Å². The molecule has 1 aromatic carbocycles. The normalized spacial score (nSPS) is 11.6. The molecule has 0 fully saturated rings. The highest BCUT2D eigenvalue weighted by molar-refractivity contribution is 6.00. The van der Waals surface area contributed by atoms with Crippen molar-refractivity contribution in [3.8, 4) is 0 Å². The molecule has 0 bridgehead atoms. The first kappa shape index (κ1) is 16.0. The first-order chi connectivity index (χ1) is 10.3. The monoisotopic (exact) mass is 295 g/mol. The second-order valence-electron chi connectivity index (χ2n) is 6.47. The molecule has 3 heteroatoms. The highest BCUT2D eigenvalue weighted by Gasteiger charge is 2.12. The van der Waals surface area contributed by atoms with Gasteiger partial charge in [0, 0.05) is 12.1 Å². The quantitative estimate of drug-likeness (QED) is 0.861. The molecular weight excluding hydrogens is 272 g/mol. The second kappa shape index (κ2) is 6.56. The molecule has 2 aromatic rings. The van der Waals surface area contributed by atoms with Crippen molar-refractivity contribution in [1.82, 2.24) is 0 Å². The van der Waals surface area contributed by atoms with Gasteiger partial charge in [-0.15, -0.1) is 0 Å². The minimum atomic E-state index is -0.151. The van der Waals surface area contributed by atoms with Gasteiger partial charge in [-0.1, -0.05) is 45.0 Å². The van der Waals surface area contributed by atoms with Crippen LogP contribution in [0.4, 0.5) is 5.82 Å². The summed E-state index contributed by atoms with van der Waals surface area (Å²) in [6, 6.07) is 12.1. The molecule has 0 aliphatic carbocycles. The number of aromatic nitrogens is 1. The fourth-order valence-electron chi connectivity index (χ4n) is 2.09. The zero-order valence-corrected chi connectivity index (χ0v) is 13.6. The maximum Gasteiger partial charge on any atom is 0.331 e. The molecule has 1 amide bonds. The van der Waals surface area contributed by atoms with Crippen molar-refractivity contribution in [3.63, 3.8) is 0 Å². The summed E-state index contributed by atoms with van der Waals surface area (Å²) >= 11 is 0. The first-order valence-corrected chi connectivity index (χ1v) is 7.42. The minimum absolute atomic E-state index is 0.140. The van der Waals surface area contributed by atoms with Gasteiger partial charge < -0.3 is 0 Å². The number of anilines is 1. The van der Waals surface area contributed by atoms with Crippen LogP contribution < -0.4 is 10.3 Å². The number of carbonyl (C=O) groups excluding carboxylic acids is 1. The summed E-state index contributed by atoms with van der Waals surface area (Å²) in [6.07, 6.45) is 5.17. The van der Waals surface area contributed by atoms with Crippen LogP contribution in [0.2, 0.25) is 0 Å². The maximum absolute atomic E-state index is 11.9. The molecule has 1 heterocycles. The molecule has 2 N–H and O–H groups in total. The largest absolute Gasteiger partial charge is 0.331 e. The molecule has 0 spiro atoms. The van der Waals surface area contributed by atoms with E-state index < -0.39 is 0 Å². The Bertz CT molecular complexity index is 679. The number of pyridine rings is 1. The molecule has 0 aliphatic heterocycles. The number of aromatic amines is 1. The zero-order chi connectivity index (χ0) is 16.2. The van der Waals surface area contributed by atoms with E-state index in [-0.39, 0.29) is 11.3 Å². The Kier molecular flexibility index (Phi) is 4.76. The molecule has 3 nitrogen and oxygen atoms in total. The molecule has 0 radical (unpaired) electrons. The van der Waals surface area contributed by atoms with Crippen LogP contribution in [0.15, 0.2) is 48.7 Å². The standard InChI is InChI=1S/C19H22N2O/c1-14-11-12-20-17(13-14)21-18(22)10-7-15-5-8-16(9-6-15)19(2,3)4/h5-13H,1-4H3,(H,20,21,22)/p+1. The Morgan fingerprint density at radius 3 is 2.41 bits per heavy atom. The third-order valence-corrected chi connectivity index (χ3v) is 3.42. The average Bonchev–Trinajstić information content (AvgIpc) is 2.45. The Morgan fingerprint density at radius 2 is 1.82 bits per heavy atom. The highest BCUT2D eigenvalue weighted by atomic mass is 16.1. The Balaban J connectivity index is 2.00. The molecule has 0 saturated heterocycles. The Labute approximate surface area is 132 Å². The van der Waals surface area contributed by atoms with Crippen LogP contribution in [0.3, 0.4) is 0 Å². The summed E-state index contributed by atoms with van der Waals surface area (Å²) in [5, 5.41) is 2.81. The van der Waals surface area contributed by atoms with Gasteiger partial charge in [-0.2, -0.15) is 0 Å². The number of hydrogen-bond donors (Lipinski definition) is 1. The lowest BCUT2D eigenvalue weighted by molar-refractivity contribution is -0.360. The van der Waals surface area contributed by atoms with E-state index in [1.807, 2.05) is 37.3 Å². The topological polar surface area (TPSA) is 43.2 Å². The lowest BCUT2D eigenvalue weighted by Gasteiger charge is -2.18. The van der Waals surface area contributed by atoms with Gasteiger partial charge in [0.05, 0.1) is 6.20 Å². The number of benzene rings is 1. The van der Waals surface area contributed by atoms with E-state index in [2.05, 4.69) is 43.2 Å². The van der Waals surface area contributed by atoms with E-state index in [9.17, 15) is 4.79 Å². The van der Waals surface area contributed by atoms with Gasteiger partial charge in [0.1, 0.15) is 0 Å². The minimum Gasteiger partial charge on any atom is -0.247 e. The number of aryl methyl sites for hydroxylation is 1.